The summed E-state index contributed by atoms with van der Waals surface area (Å²) in [5, 5.41) is 0. The molecule has 0 radical (unpaired) electrons. The summed E-state index contributed by atoms with van der Waals surface area (Å²) in [6.45, 7) is 3.15. The van der Waals surface area contributed by atoms with E-state index in [1.165, 1.54) is 5.69 Å². The van der Waals surface area contributed by atoms with Gasteiger partial charge in [0.2, 0.25) is 0 Å². The monoisotopic (exact) mass is 387 g/mol. The zero-order valence-corrected chi connectivity index (χ0v) is 16.3. The van der Waals surface area contributed by atoms with E-state index in [0.717, 1.165) is 47.3 Å². The fraction of sp³-hybridized carbons (Fsp3) is 0.174. The number of rotatable bonds is 1. The predicted molar refractivity (Wildman–Crippen MR) is 115 cm³/mol. The van der Waals surface area contributed by atoms with Crippen LogP contribution >= 0.6 is 11.8 Å². The van der Waals surface area contributed by atoms with Gasteiger partial charge in [-0.3, -0.25) is 4.90 Å². The van der Waals surface area contributed by atoms with Crippen LogP contribution in [-0.2, 0) is 0 Å². The molecule has 0 spiro atoms. The third-order valence-electron chi connectivity index (χ3n) is 5.30. The second kappa shape index (κ2) is 7.24. The van der Waals surface area contributed by atoms with E-state index < -0.39 is 0 Å². The molecule has 5 rings (SSSR count). The number of para-hydroxylation sites is 3. The number of carbonyl (C=O) groups excluding carboxylic acids is 1. The maximum atomic E-state index is 13.5. The Bertz CT molecular complexity index is 954. The first-order valence-electron chi connectivity index (χ1n) is 9.56. The first-order valence-corrected chi connectivity index (χ1v) is 10.4. The Morgan fingerprint density at radius 2 is 1.21 bits per heavy atom. The van der Waals surface area contributed by atoms with Crippen molar-refractivity contribution < 1.29 is 4.79 Å². The van der Waals surface area contributed by atoms with Gasteiger partial charge in [0.25, 0.3) is 0 Å². The molecule has 0 unspecified atom stereocenters. The van der Waals surface area contributed by atoms with E-state index in [0.29, 0.717) is 0 Å². The zero-order valence-electron chi connectivity index (χ0n) is 15.5. The molecule has 4 nitrogen and oxygen atoms in total. The molecule has 2 aliphatic heterocycles. The van der Waals surface area contributed by atoms with Gasteiger partial charge in [-0.05, 0) is 36.4 Å². The van der Waals surface area contributed by atoms with Crippen LogP contribution in [0, 0.1) is 0 Å². The summed E-state index contributed by atoms with van der Waals surface area (Å²) >= 11 is 1.73. The van der Waals surface area contributed by atoms with E-state index >= 15 is 0 Å². The number of anilines is 3. The first-order chi connectivity index (χ1) is 13.8. The van der Waals surface area contributed by atoms with Crippen molar-refractivity contribution in [2.75, 3.05) is 36.0 Å². The van der Waals surface area contributed by atoms with Crippen LogP contribution in [0.25, 0.3) is 0 Å². The average Bonchev–Trinajstić information content (AvgIpc) is 2.77. The number of hydrogen-bond donors (Lipinski definition) is 0. The van der Waals surface area contributed by atoms with Crippen molar-refractivity contribution in [3.8, 4) is 0 Å². The number of piperazine rings is 1. The van der Waals surface area contributed by atoms with Gasteiger partial charge in [-0.15, -0.1) is 0 Å². The van der Waals surface area contributed by atoms with E-state index in [-0.39, 0.29) is 6.03 Å². The van der Waals surface area contributed by atoms with E-state index in [1.54, 1.807) is 11.8 Å². The van der Waals surface area contributed by atoms with Gasteiger partial charge in [0.1, 0.15) is 0 Å². The quantitative estimate of drug-likeness (QED) is 0.572. The Labute approximate surface area is 169 Å². The molecule has 3 aromatic rings. The molecule has 0 saturated carbocycles. The van der Waals surface area contributed by atoms with Crippen LogP contribution in [0.5, 0.6) is 0 Å². The summed E-state index contributed by atoms with van der Waals surface area (Å²) < 4.78 is 0. The van der Waals surface area contributed by atoms with Crippen LogP contribution in [-0.4, -0.2) is 37.1 Å². The molecule has 0 bridgehead atoms. The Hall–Kier alpha value is -2.92. The average molecular weight is 388 g/mol. The highest BCUT2D eigenvalue weighted by molar-refractivity contribution is 7.99. The largest absolute Gasteiger partial charge is 0.368 e. The minimum atomic E-state index is 0.0629. The number of fused-ring (bicyclic) bond motifs is 2. The van der Waals surface area contributed by atoms with Gasteiger partial charge in [0.05, 0.1) is 11.4 Å². The summed E-state index contributed by atoms with van der Waals surface area (Å²) in [6.07, 6.45) is 0. The van der Waals surface area contributed by atoms with Crippen molar-refractivity contribution in [2.24, 2.45) is 0 Å². The highest BCUT2D eigenvalue weighted by Gasteiger charge is 2.32. The molecular formula is C23H21N3OS. The Morgan fingerprint density at radius 1 is 0.679 bits per heavy atom. The number of carbonyl (C=O) groups is 1. The van der Waals surface area contributed by atoms with Gasteiger partial charge < -0.3 is 9.80 Å². The summed E-state index contributed by atoms with van der Waals surface area (Å²) in [5.41, 5.74) is 3.17. The standard InChI is InChI=1S/C23H21N3OS/c27-23(25-16-14-24(15-17-25)18-8-2-1-3-9-18)26-19-10-4-6-12-21(19)28-22-13-7-5-11-20(22)26/h1-13H,14-17H2. The summed E-state index contributed by atoms with van der Waals surface area (Å²) in [5.74, 6) is 0. The number of nitrogens with zero attached hydrogens (tertiary/aromatic N) is 3. The fourth-order valence-electron chi connectivity index (χ4n) is 3.85. The summed E-state index contributed by atoms with van der Waals surface area (Å²) in [6, 6.07) is 26.8. The van der Waals surface area contributed by atoms with Crippen molar-refractivity contribution in [3.05, 3.63) is 78.9 Å². The highest BCUT2D eigenvalue weighted by Crippen LogP contribution is 2.48. The van der Waals surface area contributed by atoms with Crippen molar-refractivity contribution in [1.82, 2.24) is 4.90 Å². The molecule has 3 aromatic carbocycles. The molecule has 5 heteroatoms. The van der Waals surface area contributed by atoms with Gasteiger partial charge >= 0.3 is 6.03 Å². The third kappa shape index (κ3) is 3.02. The molecule has 1 fully saturated rings. The maximum absolute atomic E-state index is 13.5. The molecule has 2 aliphatic rings. The molecule has 0 aliphatic carbocycles. The Morgan fingerprint density at radius 3 is 1.82 bits per heavy atom. The van der Waals surface area contributed by atoms with Crippen molar-refractivity contribution in [2.45, 2.75) is 9.79 Å². The SMILES string of the molecule is O=C(N1CCN(c2ccccc2)CC1)N1c2ccccc2Sc2ccccc21. The zero-order chi connectivity index (χ0) is 18.9. The third-order valence-corrected chi connectivity index (χ3v) is 6.43. The first kappa shape index (κ1) is 17.2. The second-order valence-electron chi connectivity index (χ2n) is 6.97. The van der Waals surface area contributed by atoms with Crippen LogP contribution in [0.1, 0.15) is 0 Å². The number of hydrogen-bond acceptors (Lipinski definition) is 3. The van der Waals surface area contributed by atoms with E-state index in [2.05, 4.69) is 41.3 Å². The van der Waals surface area contributed by atoms with Gasteiger partial charge in [0, 0.05) is 41.7 Å². The maximum Gasteiger partial charge on any atom is 0.329 e. The Balaban J connectivity index is 1.40. The highest BCUT2D eigenvalue weighted by atomic mass is 32.2. The molecular weight excluding hydrogens is 366 g/mol. The predicted octanol–water partition coefficient (Wildman–Crippen LogP) is 5.23. The molecule has 2 amide bonds. The van der Waals surface area contributed by atoms with Gasteiger partial charge in [-0.25, -0.2) is 4.79 Å². The van der Waals surface area contributed by atoms with Crippen LogP contribution in [0.3, 0.4) is 0 Å². The lowest BCUT2D eigenvalue weighted by Gasteiger charge is -2.40. The number of benzene rings is 3. The van der Waals surface area contributed by atoms with Crippen molar-refractivity contribution in [1.29, 1.82) is 0 Å². The minimum absolute atomic E-state index is 0.0629. The van der Waals surface area contributed by atoms with E-state index in [4.69, 9.17) is 0 Å². The summed E-state index contributed by atoms with van der Waals surface area (Å²) in [7, 11) is 0. The summed E-state index contributed by atoms with van der Waals surface area (Å²) in [4.78, 5) is 22.0. The topological polar surface area (TPSA) is 26.8 Å². The molecule has 0 aromatic heterocycles. The van der Waals surface area contributed by atoms with Gasteiger partial charge in [-0.2, -0.15) is 0 Å². The van der Waals surface area contributed by atoms with E-state index in [9.17, 15) is 4.79 Å². The molecule has 2 heterocycles. The molecule has 0 N–H and O–H groups in total. The van der Waals surface area contributed by atoms with Crippen LogP contribution in [0.15, 0.2) is 88.7 Å². The number of amides is 2. The number of urea groups is 1. The normalized spacial score (nSPS) is 15.8. The van der Waals surface area contributed by atoms with Gasteiger partial charge in [-0.1, -0.05) is 54.2 Å². The van der Waals surface area contributed by atoms with Crippen LogP contribution in [0.2, 0.25) is 0 Å². The van der Waals surface area contributed by atoms with Crippen molar-refractivity contribution >= 4 is 34.9 Å². The lowest BCUT2D eigenvalue weighted by atomic mass is 10.2. The molecule has 0 atom stereocenters. The smallest absolute Gasteiger partial charge is 0.329 e. The lowest BCUT2D eigenvalue weighted by molar-refractivity contribution is 0.203. The lowest BCUT2D eigenvalue weighted by Crippen LogP contribution is -2.52. The van der Waals surface area contributed by atoms with Crippen LogP contribution < -0.4 is 9.80 Å². The molecule has 28 heavy (non-hydrogen) atoms. The molecule has 1 saturated heterocycles. The molecule has 140 valence electrons. The fourth-order valence-corrected chi connectivity index (χ4v) is 4.90. The Kier molecular flexibility index (Phi) is 4.45. The van der Waals surface area contributed by atoms with Crippen molar-refractivity contribution in [3.63, 3.8) is 0 Å². The van der Waals surface area contributed by atoms with Gasteiger partial charge in [0.15, 0.2) is 0 Å². The van der Waals surface area contributed by atoms with Crippen LogP contribution in [0.4, 0.5) is 21.9 Å². The van der Waals surface area contributed by atoms with E-state index in [1.807, 2.05) is 52.3 Å². The second-order valence-corrected chi connectivity index (χ2v) is 8.05. The minimum Gasteiger partial charge on any atom is -0.368 e.